The van der Waals surface area contributed by atoms with Crippen LogP contribution in [0.4, 0.5) is 11.4 Å². The number of hydrogen-bond acceptors (Lipinski definition) is 4. The molecule has 1 atom stereocenters. The van der Waals surface area contributed by atoms with E-state index in [1.807, 2.05) is 56.3 Å². The summed E-state index contributed by atoms with van der Waals surface area (Å²) >= 11 is 0. The van der Waals surface area contributed by atoms with Gasteiger partial charge in [-0.2, -0.15) is 0 Å². The van der Waals surface area contributed by atoms with Crippen LogP contribution in [0.1, 0.15) is 59.8 Å². The van der Waals surface area contributed by atoms with Gasteiger partial charge in [0.1, 0.15) is 6.54 Å². The van der Waals surface area contributed by atoms with Crippen molar-refractivity contribution in [3.05, 3.63) is 125 Å². The van der Waals surface area contributed by atoms with Gasteiger partial charge in [0.05, 0.1) is 27.9 Å². The molecule has 0 heterocycles. The van der Waals surface area contributed by atoms with Crippen molar-refractivity contribution >= 4 is 33.2 Å². The SMILES string of the molecule is Cc1ccc(S(=O)(=O)N(CC(=O)Nc2ccccc2C(=O)N[C@@H](C)c2ccccc2)c2ccc(C(C)C)cc2)cc1. The second-order valence-corrected chi connectivity index (χ2v) is 12.1. The number of para-hydroxylation sites is 1. The lowest BCUT2D eigenvalue weighted by molar-refractivity contribution is -0.114. The number of benzene rings is 4. The van der Waals surface area contributed by atoms with Crippen LogP contribution in [0.25, 0.3) is 0 Å². The van der Waals surface area contributed by atoms with Gasteiger partial charge in [0, 0.05) is 0 Å². The number of nitrogens with zero attached hydrogens (tertiary/aromatic N) is 1. The number of amides is 2. The molecule has 0 aromatic heterocycles. The molecule has 212 valence electrons. The summed E-state index contributed by atoms with van der Waals surface area (Å²) in [4.78, 5) is 26.6. The molecule has 7 nitrogen and oxygen atoms in total. The maximum Gasteiger partial charge on any atom is 0.264 e. The van der Waals surface area contributed by atoms with Crippen molar-refractivity contribution in [2.75, 3.05) is 16.2 Å². The molecule has 2 amide bonds. The molecular weight excluding hydrogens is 534 g/mol. The molecule has 0 saturated heterocycles. The maximum atomic E-state index is 13.8. The molecule has 41 heavy (non-hydrogen) atoms. The van der Waals surface area contributed by atoms with Gasteiger partial charge >= 0.3 is 0 Å². The highest BCUT2D eigenvalue weighted by molar-refractivity contribution is 7.92. The maximum absolute atomic E-state index is 13.8. The molecule has 0 radical (unpaired) electrons. The summed E-state index contributed by atoms with van der Waals surface area (Å²) in [5.74, 6) is -0.669. The zero-order valence-electron chi connectivity index (χ0n) is 23.7. The number of rotatable bonds is 10. The molecular formula is C33H35N3O4S. The molecule has 0 bridgehead atoms. The number of carbonyl (C=O) groups is 2. The van der Waals surface area contributed by atoms with Crippen molar-refractivity contribution in [1.82, 2.24) is 5.32 Å². The third-order valence-corrected chi connectivity index (χ3v) is 8.62. The Morgan fingerprint density at radius 3 is 2.00 bits per heavy atom. The molecule has 0 aliphatic rings. The van der Waals surface area contributed by atoms with Crippen LogP contribution in [-0.2, 0) is 14.8 Å². The Morgan fingerprint density at radius 1 is 0.756 bits per heavy atom. The van der Waals surface area contributed by atoms with Gasteiger partial charge < -0.3 is 10.6 Å². The third-order valence-electron chi connectivity index (χ3n) is 6.84. The molecule has 0 saturated carbocycles. The van der Waals surface area contributed by atoms with E-state index in [-0.39, 0.29) is 34.0 Å². The second kappa shape index (κ2) is 12.8. The first-order valence-electron chi connectivity index (χ1n) is 13.5. The average Bonchev–Trinajstić information content (AvgIpc) is 2.97. The minimum Gasteiger partial charge on any atom is -0.345 e. The Labute approximate surface area is 242 Å². The van der Waals surface area contributed by atoms with E-state index in [4.69, 9.17) is 0 Å². The highest BCUT2D eigenvalue weighted by atomic mass is 32.2. The van der Waals surface area contributed by atoms with E-state index in [9.17, 15) is 18.0 Å². The topological polar surface area (TPSA) is 95.6 Å². The fourth-order valence-electron chi connectivity index (χ4n) is 4.39. The number of aryl methyl sites for hydroxylation is 1. The summed E-state index contributed by atoms with van der Waals surface area (Å²) < 4.78 is 28.6. The van der Waals surface area contributed by atoms with E-state index in [1.165, 1.54) is 12.1 Å². The van der Waals surface area contributed by atoms with E-state index in [0.29, 0.717) is 5.69 Å². The Balaban J connectivity index is 1.59. The lowest BCUT2D eigenvalue weighted by Crippen LogP contribution is -2.38. The highest BCUT2D eigenvalue weighted by Crippen LogP contribution is 2.27. The number of sulfonamides is 1. The van der Waals surface area contributed by atoms with Gasteiger partial charge in [-0.15, -0.1) is 0 Å². The summed E-state index contributed by atoms with van der Waals surface area (Å²) in [6.45, 7) is 7.38. The van der Waals surface area contributed by atoms with Crippen molar-refractivity contribution in [2.45, 2.75) is 44.6 Å². The van der Waals surface area contributed by atoms with E-state index < -0.39 is 22.5 Å². The average molecular weight is 570 g/mol. The Morgan fingerprint density at radius 2 is 1.37 bits per heavy atom. The number of nitrogens with one attached hydrogen (secondary N) is 2. The summed E-state index contributed by atoms with van der Waals surface area (Å²) in [6, 6.07) is 29.6. The van der Waals surface area contributed by atoms with Crippen LogP contribution in [0.15, 0.2) is 108 Å². The van der Waals surface area contributed by atoms with Gasteiger partial charge in [0.15, 0.2) is 0 Å². The fraction of sp³-hybridized carbons (Fsp3) is 0.212. The van der Waals surface area contributed by atoms with Crippen LogP contribution >= 0.6 is 0 Å². The van der Waals surface area contributed by atoms with Crippen LogP contribution in [0.2, 0.25) is 0 Å². The van der Waals surface area contributed by atoms with E-state index in [1.54, 1.807) is 48.5 Å². The van der Waals surface area contributed by atoms with Crippen LogP contribution in [0, 0.1) is 6.92 Å². The summed E-state index contributed by atoms with van der Waals surface area (Å²) in [5.41, 5.74) is 3.85. The van der Waals surface area contributed by atoms with Crippen molar-refractivity contribution < 1.29 is 18.0 Å². The Hall–Kier alpha value is -4.43. The van der Waals surface area contributed by atoms with Crippen molar-refractivity contribution in [3.8, 4) is 0 Å². The predicted molar refractivity (Wildman–Crippen MR) is 164 cm³/mol. The first kappa shape index (κ1) is 29.6. The van der Waals surface area contributed by atoms with Gasteiger partial charge in [-0.1, -0.05) is 86.1 Å². The van der Waals surface area contributed by atoms with Gasteiger partial charge in [0.25, 0.3) is 15.9 Å². The van der Waals surface area contributed by atoms with Gasteiger partial charge in [-0.25, -0.2) is 8.42 Å². The van der Waals surface area contributed by atoms with Crippen LogP contribution in [0.5, 0.6) is 0 Å². The van der Waals surface area contributed by atoms with E-state index in [2.05, 4.69) is 24.5 Å². The Bertz CT molecular complexity index is 1600. The second-order valence-electron chi connectivity index (χ2n) is 10.3. The number of carbonyl (C=O) groups excluding carboxylic acids is 2. The molecule has 8 heteroatoms. The summed E-state index contributed by atoms with van der Waals surface area (Å²) in [7, 11) is -4.07. The molecule has 0 spiro atoms. The van der Waals surface area contributed by atoms with Crippen LogP contribution in [-0.4, -0.2) is 26.8 Å². The zero-order chi connectivity index (χ0) is 29.6. The van der Waals surface area contributed by atoms with Crippen molar-refractivity contribution in [1.29, 1.82) is 0 Å². The molecule has 4 aromatic rings. The minimum atomic E-state index is -4.07. The molecule has 2 N–H and O–H groups in total. The molecule has 4 rings (SSSR count). The molecule has 0 unspecified atom stereocenters. The predicted octanol–water partition coefficient (Wildman–Crippen LogP) is 6.44. The van der Waals surface area contributed by atoms with Crippen LogP contribution < -0.4 is 14.9 Å². The van der Waals surface area contributed by atoms with Gasteiger partial charge in [-0.05, 0) is 67.3 Å². The van der Waals surface area contributed by atoms with Gasteiger partial charge in [0.2, 0.25) is 5.91 Å². The smallest absolute Gasteiger partial charge is 0.264 e. The first-order valence-corrected chi connectivity index (χ1v) is 14.9. The minimum absolute atomic E-state index is 0.0820. The highest BCUT2D eigenvalue weighted by Gasteiger charge is 2.28. The quantitative estimate of drug-likeness (QED) is 0.230. The lowest BCUT2D eigenvalue weighted by Gasteiger charge is -2.25. The lowest BCUT2D eigenvalue weighted by atomic mass is 10.0. The van der Waals surface area contributed by atoms with Gasteiger partial charge in [-0.3, -0.25) is 13.9 Å². The van der Waals surface area contributed by atoms with Crippen LogP contribution in [0.3, 0.4) is 0 Å². The fourth-order valence-corrected chi connectivity index (χ4v) is 5.81. The monoisotopic (exact) mass is 569 g/mol. The third kappa shape index (κ3) is 7.21. The summed E-state index contributed by atoms with van der Waals surface area (Å²) in [5, 5.41) is 5.72. The van der Waals surface area contributed by atoms with E-state index in [0.717, 1.165) is 21.0 Å². The van der Waals surface area contributed by atoms with E-state index >= 15 is 0 Å². The first-order chi connectivity index (χ1) is 19.6. The molecule has 4 aromatic carbocycles. The standard InChI is InChI=1S/C33H35N3O4S/c1-23(2)26-16-18-28(19-17-26)36(41(39,40)29-20-14-24(3)15-21-29)22-32(37)35-31-13-9-8-12-30(31)33(38)34-25(4)27-10-6-5-7-11-27/h5-21,23,25H,22H2,1-4H3,(H,34,38)(H,35,37)/t25-/m0/s1. The zero-order valence-corrected chi connectivity index (χ0v) is 24.5. The largest absolute Gasteiger partial charge is 0.345 e. The van der Waals surface area contributed by atoms with Crippen molar-refractivity contribution in [2.24, 2.45) is 0 Å². The molecule has 0 fully saturated rings. The Kier molecular flexibility index (Phi) is 9.24. The number of anilines is 2. The normalized spacial score (nSPS) is 12.0. The molecule has 0 aliphatic heterocycles. The molecule has 0 aliphatic carbocycles. The summed E-state index contributed by atoms with van der Waals surface area (Å²) in [6.07, 6.45) is 0. The number of hydrogen-bond donors (Lipinski definition) is 2. The van der Waals surface area contributed by atoms with Crippen molar-refractivity contribution in [3.63, 3.8) is 0 Å².